The van der Waals surface area contributed by atoms with Gasteiger partial charge in [-0.15, -0.1) is 0 Å². The van der Waals surface area contributed by atoms with E-state index in [9.17, 15) is 0 Å². The minimum atomic E-state index is 0.569. The lowest BCUT2D eigenvalue weighted by atomic mass is 9.50. The predicted octanol–water partition coefficient (Wildman–Crippen LogP) is 4.64. The van der Waals surface area contributed by atoms with E-state index in [-0.39, 0.29) is 0 Å². The van der Waals surface area contributed by atoms with E-state index in [0.29, 0.717) is 6.04 Å². The molecular formula is C20H29N. The van der Waals surface area contributed by atoms with Crippen LogP contribution in [0.25, 0.3) is 0 Å². The van der Waals surface area contributed by atoms with E-state index in [2.05, 4.69) is 44.4 Å². The highest BCUT2D eigenvalue weighted by atomic mass is 14.9. The molecule has 21 heavy (non-hydrogen) atoms. The minimum Gasteiger partial charge on any atom is -0.313 e. The number of benzene rings is 1. The van der Waals surface area contributed by atoms with Crippen molar-refractivity contribution in [3.8, 4) is 0 Å². The van der Waals surface area contributed by atoms with Crippen LogP contribution in [0.1, 0.15) is 54.8 Å². The Kier molecular flexibility index (Phi) is 3.37. The van der Waals surface area contributed by atoms with Crippen molar-refractivity contribution in [1.82, 2.24) is 5.32 Å². The van der Waals surface area contributed by atoms with Gasteiger partial charge in [-0.1, -0.05) is 23.8 Å². The molecule has 1 N–H and O–H groups in total. The molecule has 4 saturated carbocycles. The first-order valence-electron chi connectivity index (χ1n) is 8.90. The summed E-state index contributed by atoms with van der Waals surface area (Å²) < 4.78 is 0. The molecule has 5 rings (SSSR count). The fraction of sp³-hybridized carbons (Fsp3) is 0.700. The average Bonchev–Trinajstić information content (AvgIpc) is 2.45. The van der Waals surface area contributed by atoms with E-state index in [0.717, 1.165) is 29.6 Å². The first kappa shape index (κ1) is 13.8. The van der Waals surface area contributed by atoms with Gasteiger partial charge in [0.05, 0.1) is 0 Å². The standard InChI is InChI=1S/C20H29N/c1-12-4-5-13(2)18(6-12)20(21-3)19-16-8-14-7-15(10-16)11-17(19)9-14/h4-6,14-17,19-21H,7-11H2,1-3H3. The van der Waals surface area contributed by atoms with Crippen LogP contribution in [0.3, 0.4) is 0 Å². The van der Waals surface area contributed by atoms with Crippen LogP contribution in [0.5, 0.6) is 0 Å². The third-order valence-electron chi connectivity index (χ3n) is 6.77. The first-order chi connectivity index (χ1) is 10.2. The van der Waals surface area contributed by atoms with Crippen LogP contribution in [0, 0.1) is 43.4 Å². The van der Waals surface area contributed by atoms with Gasteiger partial charge in [0.1, 0.15) is 0 Å². The van der Waals surface area contributed by atoms with E-state index in [1.54, 1.807) is 12.0 Å². The molecule has 1 nitrogen and oxygen atoms in total. The Labute approximate surface area is 129 Å². The first-order valence-corrected chi connectivity index (χ1v) is 8.90. The van der Waals surface area contributed by atoms with Crippen LogP contribution in [-0.4, -0.2) is 7.05 Å². The zero-order chi connectivity index (χ0) is 14.6. The summed E-state index contributed by atoms with van der Waals surface area (Å²) in [6.45, 7) is 4.52. The Hall–Kier alpha value is -0.820. The second-order valence-corrected chi connectivity index (χ2v) is 8.13. The molecule has 4 fully saturated rings. The van der Waals surface area contributed by atoms with Gasteiger partial charge in [0.2, 0.25) is 0 Å². The van der Waals surface area contributed by atoms with Crippen molar-refractivity contribution in [3.05, 3.63) is 34.9 Å². The molecule has 1 atom stereocenters. The van der Waals surface area contributed by atoms with Crippen molar-refractivity contribution in [3.63, 3.8) is 0 Å². The van der Waals surface area contributed by atoms with Crippen molar-refractivity contribution < 1.29 is 0 Å². The maximum absolute atomic E-state index is 3.71. The lowest BCUT2D eigenvalue weighted by molar-refractivity contribution is -0.0516. The van der Waals surface area contributed by atoms with E-state index in [1.807, 2.05) is 0 Å². The molecule has 4 aliphatic carbocycles. The lowest BCUT2D eigenvalue weighted by Crippen LogP contribution is -2.49. The molecule has 114 valence electrons. The summed E-state index contributed by atoms with van der Waals surface area (Å²) in [7, 11) is 2.18. The monoisotopic (exact) mass is 283 g/mol. The minimum absolute atomic E-state index is 0.569. The second-order valence-electron chi connectivity index (χ2n) is 8.13. The van der Waals surface area contributed by atoms with Gasteiger partial charge in [0, 0.05) is 6.04 Å². The van der Waals surface area contributed by atoms with Gasteiger partial charge in [-0.25, -0.2) is 0 Å². The van der Waals surface area contributed by atoms with E-state index >= 15 is 0 Å². The van der Waals surface area contributed by atoms with Crippen molar-refractivity contribution >= 4 is 0 Å². The molecule has 4 aliphatic rings. The maximum atomic E-state index is 3.71. The quantitative estimate of drug-likeness (QED) is 0.852. The molecule has 1 heteroatoms. The molecule has 1 aromatic rings. The highest BCUT2D eigenvalue weighted by Crippen LogP contribution is 2.59. The summed E-state index contributed by atoms with van der Waals surface area (Å²) >= 11 is 0. The van der Waals surface area contributed by atoms with Gasteiger partial charge in [-0.2, -0.15) is 0 Å². The van der Waals surface area contributed by atoms with Gasteiger partial charge < -0.3 is 5.32 Å². The third-order valence-corrected chi connectivity index (χ3v) is 6.77. The number of rotatable bonds is 3. The van der Waals surface area contributed by atoms with E-state index < -0.39 is 0 Å². The molecular weight excluding hydrogens is 254 g/mol. The fourth-order valence-corrected chi connectivity index (χ4v) is 6.16. The van der Waals surface area contributed by atoms with Gasteiger partial charge in [-0.3, -0.25) is 0 Å². The summed E-state index contributed by atoms with van der Waals surface area (Å²) in [6, 6.07) is 7.56. The summed E-state index contributed by atoms with van der Waals surface area (Å²) in [6.07, 6.45) is 7.61. The number of nitrogens with one attached hydrogen (secondary N) is 1. The third kappa shape index (κ3) is 2.25. The average molecular weight is 283 g/mol. The number of aryl methyl sites for hydroxylation is 2. The molecule has 0 radical (unpaired) electrons. The van der Waals surface area contributed by atoms with Crippen molar-refractivity contribution in [2.24, 2.45) is 29.6 Å². The summed E-state index contributed by atoms with van der Waals surface area (Å²) in [5.41, 5.74) is 4.43. The van der Waals surface area contributed by atoms with E-state index in [1.165, 1.54) is 36.8 Å². The number of hydrogen-bond acceptors (Lipinski definition) is 1. The summed E-state index contributed by atoms with van der Waals surface area (Å²) in [5, 5.41) is 3.71. The molecule has 1 unspecified atom stereocenters. The summed E-state index contributed by atoms with van der Waals surface area (Å²) in [4.78, 5) is 0. The van der Waals surface area contributed by atoms with Gasteiger partial charge in [-0.05, 0) is 93.7 Å². The van der Waals surface area contributed by atoms with Crippen LogP contribution < -0.4 is 5.32 Å². The Balaban J connectivity index is 1.68. The zero-order valence-corrected chi connectivity index (χ0v) is 13.7. The Morgan fingerprint density at radius 2 is 1.57 bits per heavy atom. The maximum Gasteiger partial charge on any atom is 0.0354 e. The van der Waals surface area contributed by atoms with Gasteiger partial charge >= 0.3 is 0 Å². The SMILES string of the molecule is CNC(c1cc(C)ccc1C)C1C2CC3CC(C2)CC1C3. The fourth-order valence-electron chi connectivity index (χ4n) is 6.16. The highest BCUT2D eigenvalue weighted by molar-refractivity contribution is 5.34. The Bertz CT molecular complexity index is 505. The topological polar surface area (TPSA) is 12.0 Å². The Morgan fingerprint density at radius 1 is 0.952 bits per heavy atom. The zero-order valence-electron chi connectivity index (χ0n) is 13.7. The normalized spacial score (nSPS) is 38.7. The van der Waals surface area contributed by atoms with Crippen LogP contribution in [0.4, 0.5) is 0 Å². The van der Waals surface area contributed by atoms with Crippen molar-refractivity contribution in [1.29, 1.82) is 0 Å². The van der Waals surface area contributed by atoms with Crippen LogP contribution >= 0.6 is 0 Å². The molecule has 0 saturated heterocycles. The largest absolute Gasteiger partial charge is 0.313 e. The van der Waals surface area contributed by atoms with Gasteiger partial charge in [0.15, 0.2) is 0 Å². The molecule has 0 aliphatic heterocycles. The molecule has 0 spiro atoms. The van der Waals surface area contributed by atoms with Crippen LogP contribution in [-0.2, 0) is 0 Å². The second kappa shape index (κ2) is 5.12. The van der Waals surface area contributed by atoms with Crippen molar-refractivity contribution in [2.45, 2.75) is 52.0 Å². The smallest absolute Gasteiger partial charge is 0.0354 e. The summed E-state index contributed by atoms with van der Waals surface area (Å²) in [5.74, 6) is 4.99. The molecule has 0 heterocycles. The Morgan fingerprint density at radius 3 is 2.14 bits per heavy atom. The highest BCUT2D eigenvalue weighted by Gasteiger charge is 2.50. The number of hydrogen-bond donors (Lipinski definition) is 1. The molecule has 0 amide bonds. The predicted molar refractivity (Wildman–Crippen MR) is 88.3 cm³/mol. The van der Waals surface area contributed by atoms with E-state index in [4.69, 9.17) is 0 Å². The van der Waals surface area contributed by atoms with Crippen LogP contribution in [0.2, 0.25) is 0 Å². The van der Waals surface area contributed by atoms with Crippen molar-refractivity contribution in [2.75, 3.05) is 7.05 Å². The lowest BCUT2D eigenvalue weighted by Gasteiger charge is -2.56. The molecule has 4 bridgehead atoms. The van der Waals surface area contributed by atoms with Crippen LogP contribution in [0.15, 0.2) is 18.2 Å². The van der Waals surface area contributed by atoms with Gasteiger partial charge in [0.25, 0.3) is 0 Å². The molecule has 1 aromatic carbocycles. The molecule has 0 aromatic heterocycles.